The molecule has 8 heteroatoms. The number of halogens is 3. The normalized spacial score (nSPS) is 16.6. The third kappa shape index (κ3) is 8.57. The number of hydrogen-bond acceptors (Lipinski definition) is 3. The monoisotopic (exact) mass is 599 g/mol. The van der Waals surface area contributed by atoms with Crippen molar-refractivity contribution in [2.75, 3.05) is 6.54 Å². The number of hydrogen-bond donors (Lipinski definition) is 3. The first-order valence-electron chi connectivity index (χ1n) is 15.0. The minimum Gasteiger partial charge on any atom is -0.350 e. The molecule has 2 amide bonds. The first-order valence-corrected chi connectivity index (χ1v) is 15.0. The van der Waals surface area contributed by atoms with Gasteiger partial charge in [-0.05, 0) is 78.7 Å². The predicted octanol–water partition coefficient (Wildman–Crippen LogP) is 7.10. The van der Waals surface area contributed by atoms with E-state index in [0.717, 1.165) is 42.6 Å². The summed E-state index contributed by atoms with van der Waals surface area (Å²) in [7, 11) is 0. The highest BCUT2D eigenvalue weighted by molar-refractivity contribution is 5.97. The van der Waals surface area contributed by atoms with Gasteiger partial charge in [-0.2, -0.15) is 13.2 Å². The van der Waals surface area contributed by atoms with E-state index in [-0.39, 0.29) is 12.5 Å². The number of benzene rings is 4. The van der Waals surface area contributed by atoms with Crippen LogP contribution >= 0.6 is 0 Å². The number of amides is 2. The summed E-state index contributed by atoms with van der Waals surface area (Å²) < 4.78 is 39.4. The Labute approximate surface area is 255 Å². The van der Waals surface area contributed by atoms with Crippen molar-refractivity contribution in [3.8, 4) is 11.1 Å². The molecular formula is C36H36F3N3O2. The van der Waals surface area contributed by atoms with Crippen LogP contribution in [0.4, 0.5) is 13.2 Å². The second-order valence-electron chi connectivity index (χ2n) is 11.2. The summed E-state index contributed by atoms with van der Waals surface area (Å²) in [6.07, 6.45) is -1.47. The zero-order valence-corrected chi connectivity index (χ0v) is 24.3. The van der Waals surface area contributed by atoms with Crippen LogP contribution in [0.2, 0.25) is 0 Å². The smallest absolute Gasteiger partial charge is 0.350 e. The van der Waals surface area contributed by atoms with E-state index in [2.05, 4.69) is 40.2 Å². The highest BCUT2D eigenvalue weighted by Gasteiger charge is 2.37. The molecule has 3 atom stereocenters. The zero-order chi connectivity index (χ0) is 30.9. The van der Waals surface area contributed by atoms with Gasteiger partial charge < -0.3 is 16.0 Å². The van der Waals surface area contributed by atoms with Crippen molar-refractivity contribution in [3.05, 3.63) is 131 Å². The lowest BCUT2D eigenvalue weighted by Crippen LogP contribution is -2.46. The van der Waals surface area contributed by atoms with Gasteiger partial charge in [0.05, 0.1) is 5.56 Å². The highest BCUT2D eigenvalue weighted by atomic mass is 19.4. The maximum atomic E-state index is 13.2. The summed E-state index contributed by atoms with van der Waals surface area (Å²) in [4.78, 5) is 26.4. The van der Waals surface area contributed by atoms with E-state index in [1.807, 2.05) is 48.5 Å². The Balaban J connectivity index is 1.17. The molecule has 5 nitrogen and oxygen atoms in total. The number of unbranched alkanes of at least 4 members (excludes halogenated alkanes) is 1. The lowest BCUT2D eigenvalue weighted by molar-refractivity contribution is -0.137. The summed E-state index contributed by atoms with van der Waals surface area (Å²) in [5.74, 6) is -0.292. The van der Waals surface area contributed by atoms with Crippen LogP contribution in [0.15, 0.2) is 109 Å². The van der Waals surface area contributed by atoms with E-state index in [1.54, 1.807) is 12.1 Å². The highest BCUT2D eigenvalue weighted by Crippen LogP contribution is 2.40. The van der Waals surface area contributed by atoms with Gasteiger partial charge in [-0.15, -0.1) is 0 Å². The van der Waals surface area contributed by atoms with E-state index < -0.39 is 23.7 Å². The molecule has 0 radical (unpaired) electrons. The van der Waals surface area contributed by atoms with Crippen LogP contribution in [-0.4, -0.2) is 30.4 Å². The third-order valence-corrected chi connectivity index (χ3v) is 7.94. The van der Waals surface area contributed by atoms with Crippen molar-refractivity contribution >= 4 is 11.8 Å². The molecule has 1 saturated carbocycles. The van der Waals surface area contributed by atoms with E-state index in [0.29, 0.717) is 35.9 Å². The van der Waals surface area contributed by atoms with Gasteiger partial charge in [-0.1, -0.05) is 84.9 Å². The molecule has 3 N–H and O–H groups in total. The third-order valence-electron chi connectivity index (χ3n) is 7.94. The van der Waals surface area contributed by atoms with Crippen LogP contribution in [-0.2, 0) is 17.5 Å². The fourth-order valence-corrected chi connectivity index (χ4v) is 5.38. The van der Waals surface area contributed by atoms with Crippen molar-refractivity contribution in [3.63, 3.8) is 0 Å². The first-order chi connectivity index (χ1) is 21.3. The Kier molecular flexibility index (Phi) is 10.1. The van der Waals surface area contributed by atoms with Gasteiger partial charge in [0.1, 0.15) is 6.04 Å². The van der Waals surface area contributed by atoms with Gasteiger partial charge in [-0.25, -0.2) is 0 Å². The Hall–Kier alpha value is -4.43. The van der Waals surface area contributed by atoms with Gasteiger partial charge >= 0.3 is 6.18 Å². The average molecular weight is 600 g/mol. The summed E-state index contributed by atoms with van der Waals surface area (Å²) in [6.45, 7) is 0.715. The van der Waals surface area contributed by atoms with Gasteiger partial charge in [0.25, 0.3) is 5.91 Å². The van der Waals surface area contributed by atoms with Crippen molar-refractivity contribution in [2.45, 2.75) is 56.4 Å². The number of carbonyl (C=O) groups excluding carboxylic acids is 2. The molecule has 4 aromatic carbocycles. The van der Waals surface area contributed by atoms with Crippen LogP contribution in [0.25, 0.3) is 11.1 Å². The van der Waals surface area contributed by atoms with Crippen molar-refractivity contribution in [2.24, 2.45) is 0 Å². The second-order valence-corrected chi connectivity index (χ2v) is 11.2. The predicted molar refractivity (Wildman–Crippen MR) is 166 cm³/mol. The fraction of sp³-hybridized carbons (Fsp3) is 0.278. The van der Waals surface area contributed by atoms with Crippen LogP contribution in [0.5, 0.6) is 0 Å². The quantitative estimate of drug-likeness (QED) is 0.144. The molecule has 1 aliphatic carbocycles. The molecule has 0 bridgehead atoms. The molecule has 0 aliphatic heterocycles. The summed E-state index contributed by atoms with van der Waals surface area (Å²) in [6, 6.07) is 31.8. The van der Waals surface area contributed by atoms with Crippen molar-refractivity contribution < 1.29 is 22.8 Å². The molecule has 5 rings (SSSR count). The van der Waals surface area contributed by atoms with Gasteiger partial charge in [-0.3, -0.25) is 9.59 Å². The van der Waals surface area contributed by atoms with Gasteiger partial charge in [0, 0.05) is 24.1 Å². The Bertz CT molecular complexity index is 1530. The number of alkyl halides is 3. The molecule has 44 heavy (non-hydrogen) atoms. The average Bonchev–Trinajstić information content (AvgIpc) is 3.83. The SMILES string of the molecule is O=C(N[C@@H](CCCCN[C@H]1C[C@@H]1c1ccccc1)C(=O)NCc1cccc(C(F)(F)F)c1)c1ccc(-c2ccccc2)cc1. The van der Waals surface area contributed by atoms with E-state index >= 15 is 0 Å². The maximum Gasteiger partial charge on any atom is 0.416 e. The Morgan fingerprint density at radius 2 is 1.48 bits per heavy atom. The zero-order valence-electron chi connectivity index (χ0n) is 24.3. The molecule has 0 saturated heterocycles. The summed E-state index contributed by atoms with van der Waals surface area (Å²) >= 11 is 0. The van der Waals surface area contributed by atoms with Crippen molar-refractivity contribution in [1.82, 2.24) is 16.0 Å². The summed E-state index contributed by atoms with van der Waals surface area (Å²) in [5.41, 5.74) is 3.31. The van der Waals surface area contributed by atoms with E-state index in [9.17, 15) is 22.8 Å². The molecule has 1 aliphatic rings. The number of carbonyl (C=O) groups is 2. The Morgan fingerprint density at radius 1 is 0.795 bits per heavy atom. The Morgan fingerprint density at radius 3 is 2.18 bits per heavy atom. The molecule has 4 aromatic rings. The molecular weight excluding hydrogens is 563 g/mol. The van der Waals surface area contributed by atoms with E-state index in [1.165, 1.54) is 17.7 Å². The molecule has 0 heterocycles. The fourth-order valence-electron chi connectivity index (χ4n) is 5.38. The van der Waals surface area contributed by atoms with Crippen LogP contribution in [0.1, 0.15) is 58.6 Å². The lowest BCUT2D eigenvalue weighted by atomic mass is 10.0. The second kappa shape index (κ2) is 14.4. The van der Waals surface area contributed by atoms with Gasteiger partial charge in [0.2, 0.25) is 5.91 Å². The van der Waals surface area contributed by atoms with E-state index in [4.69, 9.17) is 0 Å². The van der Waals surface area contributed by atoms with Crippen LogP contribution < -0.4 is 16.0 Å². The summed E-state index contributed by atoms with van der Waals surface area (Å²) in [5, 5.41) is 9.15. The van der Waals surface area contributed by atoms with Crippen LogP contribution in [0, 0.1) is 0 Å². The molecule has 0 aromatic heterocycles. The maximum absolute atomic E-state index is 13.2. The standard InChI is InChI=1S/C36H36F3N3O2/c37-36(38,39)30-15-9-10-25(22-30)24-41-35(44)32(16-7-8-21-40-33-23-31(33)28-13-5-2-6-14-28)42-34(43)29-19-17-27(18-20-29)26-11-3-1-4-12-26/h1-6,9-15,17-20,22,31-33,40H,7-8,16,21,23-24H2,(H,41,44)(H,42,43)/t31-,32+,33+/m1/s1. The molecule has 0 unspecified atom stereocenters. The number of nitrogens with one attached hydrogen (secondary N) is 3. The topological polar surface area (TPSA) is 70.2 Å². The molecule has 228 valence electrons. The van der Waals surface area contributed by atoms with Crippen molar-refractivity contribution in [1.29, 1.82) is 0 Å². The van der Waals surface area contributed by atoms with Crippen LogP contribution in [0.3, 0.4) is 0 Å². The minimum atomic E-state index is -4.47. The largest absolute Gasteiger partial charge is 0.416 e. The minimum absolute atomic E-state index is 0.0784. The molecule has 1 fully saturated rings. The molecule has 0 spiro atoms. The first kappa shape index (κ1) is 31.0. The lowest BCUT2D eigenvalue weighted by Gasteiger charge is -2.19. The number of rotatable bonds is 13. The van der Waals surface area contributed by atoms with Gasteiger partial charge in [0.15, 0.2) is 0 Å².